The summed E-state index contributed by atoms with van der Waals surface area (Å²) >= 11 is 9.03. The number of aromatic amines is 1. The molecule has 0 aliphatic carbocycles. The van der Waals surface area contributed by atoms with Gasteiger partial charge >= 0.3 is 0 Å². The number of nitriles is 1. The Morgan fingerprint density at radius 2 is 2.00 bits per heavy atom. The molecule has 0 fully saturated rings. The normalized spacial score (nSPS) is 10.7. The van der Waals surface area contributed by atoms with E-state index in [-0.39, 0.29) is 0 Å². The highest BCUT2D eigenvalue weighted by molar-refractivity contribution is 9.10. The first-order valence-electron chi connectivity index (χ1n) is 6.03. The largest absolute Gasteiger partial charge is 0.329 e. The summed E-state index contributed by atoms with van der Waals surface area (Å²) in [5.74, 6) is 0. The molecule has 0 saturated carbocycles. The number of aryl methyl sites for hydroxylation is 1. The van der Waals surface area contributed by atoms with Crippen molar-refractivity contribution in [2.75, 3.05) is 0 Å². The fraction of sp³-hybridized carbons (Fsp3) is 0.0667. The molecule has 98 valence electrons. The van der Waals surface area contributed by atoms with E-state index < -0.39 is 0 Å². The summed E-state index contributed by atoms with van der Waals surface area (Å²) in [5, 5.41) is 9.18. The average Bonchev–Trinajstić information content (AvgIpc) is 2.78. The van der Waals surface area contributed by atoms with Crippen LogP contribution in [0, 0.1) is 23.0 Å². The van der Waals surface area contributed by atoms with Crippen LogP contribution in [0.1, 0.15) is 11.1 Å². The Kier molecular flexibility index (Phi) is 3.20. The van der Waals surface area contributed by atoms with Crippen LogP contribution in [0.15, 0.2) is 40.9 Å². The number of nitrogens with one attached hydrogen (secondary N) is 1. The fourth-order valence-corrected chi connectivity index (χ4v) is 3.01. The lowest BCUT2D eigenvalue weighted by Crippen LogP contribution is -1.96. The Hall–Kier alpha value is -1.90. The van der Waals surface area contributed by atoms with Crippen molar-refractivity contribution in [1.29, 1.82) is 5.26 Å². The molecule has 0 saturated heterocycles. The molecule has 2 aromatic carbocycles. The van der Waals surface area contributed by atoms with Crippen LogP contribution in [0.4, 0.5) is 0 Å². The number of nitrogens with zero attached hydrogens (tertiary/aromatic N) is 2. The SMILES string of the molecule is Cc1cccc(-n2c(=S)[nH]c3c(C#N)cccc32)c1Br. The second-order valence-corrected chi connectivity index (χ2v) is 5.66. The number of fused-ring (bicyclic) bond motifs is 1. The van der Waals surface area contributed by atoms with Crippen LogP contribution in [0.25, 0.3) is 16.7 Å². The maximum Gasteiger partial charge on any atom is 0.182 e. The minimum atomic E-state index is 0.578. The molecule has 5 heteroatoms. The first-order chi connectivity index (χ1) is 9.63. The van der Waals surface area contributed by atoms with Crippen LogP contribution < -0.4 is 0 Å². The van der Waals surface area contributed by atoms with E-state index in [0.29, 0.717) is 10.3 Å². The third-order valence-electron chi connectivity index (χ3n) is 3.25. The minimum absolute atomic E-state index is 0.578. The van der Waals surface area contributed by atoms with Gasteiger partial charge in [-0.1, -0.05) is 18.2 Å². The van der Waals surface area contributed by atoms with Crippen molar-refractivity contribution in [2.45, 2.75) is 6.92 Å². The van der Waals surface area contributed by atoms with Crippen molar-refractivity contribution in [3.05, 3.63) is 56.8 Å². The Balaban J connectivity index is 2.44. The number of halogens is 1. The number of benzene rings is 2. The number of aromatic nitrogens is 2. The molecule has 3 nitrogen and oxygen atoms in total. The van der Waals surface area contributed by atoms with E-state index >= 15 is 0 Å². The Bertz CT molecular complexity index is 915. The molecule has 1 heterocycles. The standard InChI is InChI=1S/C15H10BrN3S/c1-9-4-2-6-11(13(9)16)19-12-7-3-5-10(8-17)14(12)18-15(19)20/h2-7H,1H3,(H,18,20). The molecular weight excluding hydrogens is 334 g/mol. The zero-order valence-corrected chi connectivity index (χ0v) is 13.0. The lowest BCUT2D eigenvalue weighted by molar-refractivity contribution is 1.05. The van der Waals surface area contributed by atoms with Crippen LogP contribution in [0.2, 0.25) is 0 Å². The van der Waals surface area contributed by atoms with Crippen molar-refractivity contribution in [1.82, 2.24) is 9.55 Å². The predicted octanol–water partition coefficient (Wildman–Crippen LogP) is 4.63. The van der Waals surface area contributed by atoms with Gasteiger partial charge < -0.3 is 4.98 Å². The molecule has 0 aliphatic rings. The molecule has 3 rings (SSSR count). The third-order valence-corrected chi connectivity index (χ3v) is 4.57. The quantitative estimate of drug-likeness (QED) is 0.654. The number of para-hydroxylation sites is 1. The maximum atomic E-state index is 9.18. The van der Waals surface area contributed by atoms with Gasteiger partial charge in [0, 0.05) is 4.47 Å². The van der Waals surface area contributed by atoms with Gasteiger partial charge in [-0.2, -0.15) is 5.26 Å². The zero-order valence-electron chi connectivity index (χ0n) is 10.6. The molecule has 20 heavy (non-hydrogen) atoms. The highest BCUT2D eigenvalue weighted by Crippen LogP contribution is 2.29. The monoisotopic (exact) mass is 343 g/mol. The Morgan fingerprint density at radius 3 is 2.75 bits per heavy atom. The second-order valence-electron chi connectivity index (χ2n) is 4.49. The third kappa shape index (κ3) is 1.89. The summed E-state index contributed by atoms with van der Waals surface area (Å²) < 4.78 is 3.52. The molecule has 0 amide bonds. The molecule has 0 radical (unpaired) electrons. The molecule has 0 unspecified atom stereocenters. The van der Waals surface area contributed by atoms with Crippen molar-refractivity contribution in [3.8, 4) is 11.8 Å². The minimum Gasteiger partial charge on any atom is -0.329 e. The van der Waals surface area contributed by atoms with Gasteiger partial charge in [0.15, 0.2) is 4.77 Å². The summed E-state index contributed by atoms with van der Waals surface area (Å²) in [4.78, 5) is 3.13. The number of imidazole rings is 1. The molecule has 0 spiro atoms. The predicted molar refractivity (Wildman–Crippen MR) is 85.6 cm³/mol. The number of H-pyrrole nitrogens is 1. The van der Waals surface area contributed by atoms with E-state index in [2.05, 4.69) is 27.0 Å². The van der Waals surface area contributed by atoms with Gasteiger partial charge in [0.1, 0.15) is 6.07 Å². The topological polar surface area (TPSA) is 44.5 Å². The summed E-state index contributed by atoms with van der Waals surface area (Å²) in [6.07, 6.45) is 0. The molecule has 0 bridgehead atoms. The summed E-state index contributed by atoms with van der Waals surface area (Å²) in [7, 11) is 0. The lowest BCUT2D eigenvalue weighted by Gasteiger charge is -2.09. The Labute approximate surface area is 129 Å². The van der Waals surface area contributed by atoms with E-state index in [4.69, 9.17) is 12.2 Å². The van der Waals surface area contributed by atoms with Crippen LogP contribution in [0.3, 0.4) is 0 Å². The van der Waals surface area contributed by atoms with Gasteiger partial charge in [-0.15, -0.1) is 0 Å². The number of hydrogen-bond donors (Lipinski definition) is 1. The van der Waals surface area contributed by atoms with Gasteiger partial charge in [-0.05, 0) is 58.8 Å². The van der Waals surface area contributed by atoms with Gasteiger partial charge in [-0.25, -0.2) is 0 Å². The first kappa shape index (κ1) is 13.1. The molecule has 3 aromatic rings. The van der Waals surface area contributed by atoms with Crippen LogP contribution in [-0.4, -0.2) is 9.55 Å². The van der Waals surface area contributed by atoms with Crippen LogP contribution in [-0.2, 0) is 0 Å². The van der Waals surface area contributed by atoms with E-state index in [9.17, 15) is 5.26 Å². The van der Waals surface area contributed by atoms with E-state index in [0.717, 1.165) is 26.8 Å². The van der Waals surface area contributed by atoms with Crippen LogP contribution in [0.5, 0.6) is 0 Å². The smallest absolute Gasteiger partial charge is 0.182 e. The van der Waals surface area contributed by atoms with Crippen molar-refractivity contribution in [2.24, 2.45) is 0 Å². The summed E-state index contributed by atoms with van der Waals surface area (Å²) in [5.41, 5.74) is 4.37. The maximum absolute atomic E-state index is 9.18. The number of hydrogen-bond acceptors (Lipinski definition) is 2. The fourth-order valence-electron chi connectivity index (χ4n) is 2.27. The van der Waals surface area contributed by atoms with Crippen molar-refractivity contribution >= 4 is 39.2 Å². The van der Waals surface area contributed by atoms with Gasteiger partial charge in [-0.3, -0.25) is 4.57 Å². The second kappa shape index (κ2) is 4.89. The van der Waals surface area contributed by atoms with E-state index in [1.54, 1.807) is 6.07 Å². The molecule has 1 aromatic heterocycles. The first-order valence-corrected chi connectivity index (χ1v) is 7.23. The van der Waals surface area contributed by atoms with Crippen LogP contribution >= 0.6 is 28.1 Å². The van der Waals surface area contributed by atoms with Gasteiger partial charge in [0.05, 0.1) is 22.3 Å². The molecule has 1 N–H and O–H groups in total. The lowest BCUT2D eigenvalue weighted by atomic mass is 10.2. The molecule has 0 aliphatic heterocycles. The Morgan fingerprint density at radius 1 is 1.25 bits per heavy atom. The highest BCUT2D eigenvalue weighted by Gasteiger charge is 2.12. The van der Waals surface area contributed by atoms with Gasteiger partial charge in [0.25, 0.3) is 0 Å². The van der Waals surface area contributed by atoms with E-state index in [1.165, 1.54) is 0 Å². The number of rotatable bonds is 1. The van der Waals surface area contributed by atoms with E-state index in [1.807, 2.05) is 41.8 Å². The summed E-state index contributed by atoms with van der Waals surface area (Å²) in [6, 6.07) is 13.8. The molecule has 0 atom stereocenters. The zero-order chi connectivity index (χ0) is 14.3. The average molecular weight is 344 g/mol. The highest BCUT2D eigenvalue weighted by atomic mass is 79.9. The van der Waals surface area contributed by atoms with Crippen molar-refractivity contribution in [3.63, 3.8) is 0 Å². The molecular formula is C15H10BrN3S. The van der Waals surface area contributed by atoms with Crippen molar-refractivity contribution < 1.29 is 0 Å². The van der Waals surface area contributed by atoms with Gasteiger partial charge in [0.2, 0.25) is 0 Å². The summed E-state index contributed by atoms with van der Waals surface area (Å²) in [6.45, 7) is 2.03.